The summed E-state index contributed by atoms with van der Waals surface area (Å²) in [5.74, 6) is 0.791. The Morgan fingerprint density at radius 2 is 2.17 bits per heavy atom. The highest BCUT2D eigenvalue weighted by Gasteiger charge is 2.03. The first kappa shape index (κ1) is 12.9. The maximum atomic E-state index is 8.78. The lowest BCUT2D eigenvalue weighted by Gasteiger charge is -2.05. The van der Waals surface area contributed by atoms with E-state index in [1.807, 2.05) is 30.3 Å². The van der Waals surface area contributed by atoms with E-state index in [0.29, 0.717) is 5.69 Å². The van der Waals surface area contributed by atoms with Crippen molar-refractivity contribution in [2.75, 3.05) is 5.73 Å². The van der Waals surface area contributed by atoms with Crippen LogP contribution in [0.25, 0.3) is 0 Å². The Balaban J connectivity index is 2.09. The molecule has 1 aromatic carbocycles. The third-order valence-corrected chi connectivity index (χ3v) is 4.35. The van der Waals surface area contributed by atoms with Crippen molar-refractivity contribution in [3.8, 4) is 6.07 Å². The van der Waals surface area contributed by atoms with Gasteiger partial charge in [0, 0.05) is 27.0 Å². The summed E-state index contributed by atoms with van der Waals surface area (Å²) in [6, 6.07) is 11.5. The molecule has 18 heavy (non-hydrogen) atoms. The minimum atomic E-state index is 0.449. The molecule has 0 spiro atoms. The zero-order valence-corrected chi connectivity index (χ0v) is 11.8. The molecule has 1 heterocycles. The molecule has 0 unspecified atom stereocenters. The molecule has 0 aliphatic heterocycles. The second-order valence-electron chi connectivity index (χ2n) is 3.64. The average molecular weight is 320 g/mol. The predicted molar refractivity (Wildman–Crippen MR) is 77.1 cm³/mol. The molecule has 2 rings (SSSR count). The molecule has 2 aromatic rings. The Bertz CT molecular complexity index is 607. The van der Waals surface area contributed by atoms with Crippen LogP contribution >= 0.6 is 27.7 Å². The summed E-state index contributed by atoms with van der Waals surface area (Å²) < 4.78 is 0.988. The van der Waals surface area contributed by atoms with Crippen LogP contribution in [0.15, 0.2) is 45.9 Å². The lowest BCUT2D eigenvalue weighted by atomic mass is 10.2. The van der Waals surface area contributed by atoms with Crippen molar-refractivity contribution in [2.45, 2.75) is 10.6 Å². The first-order valence-corrected chi connectivity index (χ1v) is 7.00. The van der Waals surface area contributed by atoms with Gasteiger partial charge in [-0.25, -0.2) is 4.98 Å². The van der Waals surface area contributed by atoms with Gasteiger partial charge in [0.25, 0.3) is 0 Å². The summed E-state index contributed by atoms with van der Waals surface area (Å²) in [5.41, 5.74) is 7.95. The van der Waals surface area contributed by atoms with Crippen LogP contribution < -0.4 is 5.73 Å². The van der Waals surface area contributed by atoms with Crippen molar-refractivity contribution in [3.63, 3.8) is 0 Å². The van der Waals surface area contributed by atoms with Crippen molar-refractivity contribution in [1.29, 1.82) is 5.26 Å². The molecule has 0 aliphatic carbocycles. The summed E-state index contributed by atoms with van der Waals surface area (Å²) >= 11 is 5.17. The van der Waals surface area contributed by atoms with Gasteiger partial charge in [0.2, 0.25) is 0 Å². The second-order valence-corrected chi connectivity index (χ2v) is 5.51. The van der Waals surface area contributed by atoms with Crippen LogP contribution in [0.2, 0.25) is 0 Å². The van der Waals surface area contributed by atoms with Crippen LogP contribution in [-0.4, -0.2) is 4.98 Å². The molecule has 0 bridgehead atoms. The SMILES string of the molecule is N#Cc1cc(CSc2ccc(N)cc2Br)ccn1. The lowest BCUT2D eigenvalue weighted by molar-refractivity contribution is 1.22. The minimum Gasteiger partial charge on any atom is -0.399 e. The Morgan fingerprint density at radius 3 is 2.89 bits per heavy atom. The van der Waals surface area contributed by atoms with E-state index in [0.717, 1.165) is 26.4 Å². The molecule has 5 heteroatoms. The molecule has 0 atom stereocenters. The first-order valence-electron chi connectivity index (χ1n) is 5.22. The fourth-order valence-electron chi connectivity index (χ4n) is 1.42. The quantitative estimate of drug-likeness (QED) is 0.693. The lowest BCUT2D eigenvalue weighted by Crippen LogP contribution is -1.88. The topological polar surface area (TPSA) is 62.7 Å². The number of thioether (sulfide) groups is 1. The van der Waals surface area contributed by atoms with Gasteiger partial charge in [-0.15, -0.1) is 11.8 Å². The van der Waals surface area contributed by atoms with Crippen molar-refractivity contribution >= 4 is 33.4 Å². The number of anilines is 1. The Morgan fingerprint density at radius 1 is 1.33 bits per heavy atom. The fourth-order valence-corrected chi connectivity index (χ4v) is 3.02. The number of nitrogen functional groups attached to an aromatic ring is 1. The number of halogens is 1. The van der Waals surface area contributed by atoms with Crippen LogP contribution in [0.5, 0.6) is 0 Å². The summed E-state index contributed by atoms with van der Waals surface area (Å²) in [4.78, 5) is 5.07. The van der Waals surface area contributed by atoms with E-state index in [-0.39, 0.29) is 0 Å². The van der Waals surface area contributed by atoms with E-state index < -0.39 is 0 Å². The van der Waals surface area contributed by atoms with Crippen LogP contribution in [0.1, 0.15) is 11.3 Å². The molecule has 0 aliphatic rings. The standard InChI is InChI=1S/C13H10BrN3S/c14-12-6-10(16)1-2-13(12)18-8-9-3-4-17-11(5-9)7-15/h1-6H,8,16H2. The van der Waals surface area contributed by atoms with Gasteiger partial charge in [-0.05, 0) is 51.8 Å². The highest BCUT2D eigenvalue weighted by molar-refractivity contribution is 9.10. The van der Waals surface area contributed by atoms with Crippen molar-refractivity contribution < 1.29 is 0 Å². The Labute approximate surface area is 118 Å². The molecule has 0 saturated carbocycles. The van der Waals surface area contributed by atoms with E-state index in [2.05, 4.69) is 20.9 Å². The highest BCUT2D eigenvalue weighted by Crippen LogP contribution is 2.31. The van der Waals surface area contributed by atoms with Crippen LogP contribution in [0, 0.1) is 11.3 Å². The third kappa shape index (κ3) is 3.25. The smallest absolute Gasteiger partial charge is 0.140 e. The fraction of sp³-hybridized carbons (Fsp3) is 0.0769. The summed E-state index contributed by atoms with van der Waals surface area (Å²) in [5, 5.41) is 8.78. The van der Waals surface area contributed by atoms with Crippen LogP contribution in [0.3, 0.4) is 0 Å². The van der Waals surface area contributed by atoms with E-state index in [1.54, 1.807) is 24.0 Å². The van der Waals surface area contributed by atoms with Crippen molar-refractivity contribution in [3.05, 3.63) is 52.3 Å². The zero-order valence-electron chi connectivity index (χ0n) is 9.43. The molecule has 3 nitrogen and oxygen atoms in total. The molecule has 0 fully saturated rings. The molecule has 1 aromatic heterocycles. The Kier molecular flexibility index (Phi) is 4.24. The molecule has 0 radical (unpaired) electrons. The predicted octanol–water partition coefficient (Wildman–Crippen LogP) is 3.59. The number of benzene rings is 1. The van der Waals surface area contributed by atoms with Crippen molar-refractivity contribution in [1.82, 2.24) is 4.98 Å². The molecule has 90 valence electrons. The highest BCUT2D eigenvalue weighted by atomic mass is 79.9. The number of nitrogens with zero attached hydrogens (tertiary/aromatic N) is 2. The summed E-state index contributed by atoms with van der Waals surface area (Å²) in [6.45, 7) is 0. The maximum absolute atomic E-state index is 8.78. The van der Waals surface area contributed by atoms with Crippen molar-refractivity contribution in [2.24, 2.45) is 0 Å². The zero-order chi connectivity index (χ0) is 13.0. The number of pyridine rings is 1. The number of aromatic nitrogens is 1. The molecular weight excluding hydrogens is 310 g/mol. The van der Waals surface area contributed by atoms with Gasteiger partial charge in [-0.2, -0.15) is 5.26 Å². The largest absolute Gasteiger partial charge is 0.399 e. The van der Waals surface area contributed by atoms with E-state index in [9.17, 15) is 0 Å². The third-order valence-electron chi connectivity index (χ3n) is 2.29. The maximum Gasteiger partial charge on any atom is 0.140 e. The van der Waals surface area contributed by atoms with Gasteiger partial charge < -0.3 is 5.73 Å². The summed E-state index contributed by atoms with van der Waals surface area (Å²) in [7, 11) is 0. The minimum absolute atomic E-state index is 0.449. The van der Waals surface area contributed by atoms with E-state index >= 15 is 0 Å². The number of rotatable bonds is 3. The van der Waals surface area contributed by atoms with E-state index in [4.69, 9.17) is 11.0 Å². The van der Waals surface area contributed by atoms with Gasteiger partial charge in [-0.1, -0.05) is 0 Å². The molecule has 2 N–H and O–H groups in total. The molecule has 0 amide bonds. The van der Waals surface area contributed by atoms with Gasteiger partial charge >= 0.3 is 0 Å². The van der Waals surface area contributed by atoms with Gasteiger partial charge in [0.05, 0.1) is 0 Å². The first-order chi connectivity index (χ1) is 8.69. The Hall–Kier alpha value is -1.51. The number of nitriles is 1. The van der Waals surface area contributed by atoms with Gasteiger partial charge in [-0.3, -0.25) is 0 Å². The normalized spacial score (nSPS) is 10.0. The monoisotopic (exact) mass is 319 g/mol. The summed E-state index contributed by atoms with van der Waals surface area (Å²) in [6.07, 6.45) is 1.66. The van der Waals surface area contributed by atoms with Gasteiger partial charge in [0.1, 0.15) is 11.8 Å². The molecule has 0 saturated heterocycles. The number of nitrogens with two attached hydrogens (primary N) is 1. The van der Waals surface area contributed by atoms with Crippen LogP contribution in [-0.2, 0) is 5.75 Å². The molecular formula is C13H10BrN3S. The van der Waals surface area contributed by atoms with E-state index in [1.165, 1.54) is 0 Å². The van der Waals surface area contributed by atoms with Crippen LogP contribution in [0.4, 0.5) is 5.69 Å². The van der Waals surface area contributed by atoms with Gasteiger partial charge in [0.15, 0.2) is 0 Å². The number of hydrogen-bond acceptors (Lipinski definition) is 4. The second kappa shape index (κ2) is 5.89. The number of hydrogen-bond donors (Lipinski definition) is 1. The average Bonchev–Trinajstić information content (AvgIpc) is 2.38.